The van der Waals surface area contributed by atoms with Gasteiger partial charge >= 0.3 is 5.97 Å². The van der Waals surface area contributed by atoms with Gasteiger partial charge in [0.15, 0.2) is 11.5 Å². The number of fused-ring (bicyclic) bond motifs is 3. The second kappa shape index (κ2) is 7.67. The second-order valence-electron chi connectivity index (χ2n) is 10.0. The van der Waals surface area contributed by atoms with Gasteiger partial charge < -0.3 is 28.8 Å². The van der Waals surface area contributed by atoms with Gasteiger partial charge in [-0.1, -0.05) is 24.3 Å². The number of esters is 1. The highest BCUT2D eigenvalue weighted by atomic mass is 16.7. The first-order chi connectivity index (χ1) is 16.9. The maximum Gasteiger partial charge on any atom is 0.338 e. The first-order valence-electron chi connectivity index (χ1n) is 12.0. The predicted octanol–water partition coefficient (Wildman–Crippen LogP) is 3.17. The summed E-state index contributed by atoms with van der Waals surface area (Å²) in [5.41, 5.74) is 0.986. The molecule has 3 fully saturated rings. The molecule has 2 heterocycles. The van der Waals surface area contributed by atoms with Crippen molar-refractivity contribution in [2.45, 2.75) is 54.3 Å². The summed E-state index contributed by atoms with van der Waals surface area (Å²) in [5.74, 6) is -1.11. The summed E-state index contributed by atoms with van der Waals surface area (Å²) in [7, 11) is 6.86. The van der Waals surface area contributed by atoms with Crippen LogP contribution in [0, 0.1) is 0 Å². The molecule has 35 heavy (non-hydrogen) atoms. The number of aromatic hydroxyl groups is 1. The number of methoxy groups -OCH3 is 3. The van der Waals surface area contributed by atoms with E-state index in [1.807, 2.05) is 12.1 Å². The van der Waals surface area contributed by atoms with Crippen molar-refractivity contribution < 1.29 is 33.6 Å². The van der Waals surface area contributed by atoms with Gasteiger partial charge in [-0.05, 0) is 50.2 Å². The van der Waals surface area contributed by atoms with E-state index in [1.165, 1.54) is 0 Å². The van der Waals surface area contributed by atoms with Crippen LogP contribution in [0.15, 0.2) is 42.5 Å². The van der Waals surface area contributed by atoms with Gasteiger partial charge in [0.1, 0.15) is 12.2 Å². The highest BCUT2D eigenvalue weighted by Gasteiger charge is 2.83. The van der Waals surface area contributed by atoms with Gasteiger partial charge in [-0.25, -0.2) is 4.79 Å². The summed E-state index contributed by atoms with van der Waals surface area (Å²) < 4.78 is 30.8. The lowest BCUT2D eigenvalue weighted by Crippen LogP contribution is -2.77. The van der Waals surface area contributed by atoms with Crippen molar-refractivity contribution in [3.8, 4) is 11.5 Å². The predicted molar refractivity (Wildman–Crippen MR) is 126 cm³/mol. The maximum atomic E-state index is 13.2. The van der Waals surface area contributed by atoms with E-state index in [9.17, 15) is 9.90 Å². The van der Waals surface area contributed by atoms with Crippen LogP contribution in [0.25, 0.3) is 0 Å². The molecule has 1 saturated carbocycles. The van der Waals surface area contributed by atoms with Gasteiger partial charge in [-0.3, -0.25) is 4.90 Å². The number of carbonyl (C=O) groups excluding carboxylic acids is 1. The number of phenols is 1. The van der Waals surface area contributed by atoms with Crippen molar-refractivity contribution >= 4 is 5.97 Å². The minimum atomic E-state index is -1.21. The van der Waals surface area contributed by atoms with Crippen LogP contribution in [-0.2, 0) is 24.4 Å². The third-order valence-corrected chi connectivity index (χ3v) is 9.00. The zero-order valence-electron chi connectivity index (χ0n) is 20.4. The fourth-order valence-electron chi connectivity index (χ4n) is 7.76. The molecule has 2 aromatic rings. The lowest BCUT2D eigenvalue weighted by atomic mass is 9.50. The molecule has 186 valence electrons. The lowest BCUT2D eigenvalue weighted by Gasteiger charge is -2.61. The Bertz CT molecular complexity index is 1170. The number of carbonyl (C=O) groups is 1. The third-order valence-electron chi connectivity index (χ3n) is 9.00. The fourth-order valence-corrected chi connectivity index (χ4v) is 7.76. The van der Waals surface area contributed by atoms with E-state index in [0.29, 0.717) is 24.2 Å². The molecule has 1 N–H and O–H groups in total. The number of phenolic OH excluding ortho intramolecular Hbond substituents is 1. The van der Waals surface area contributed by atoms with Crippen molar-refractivity contribution in [1.29, 1.82) is 0 Å². The molecule has 0 unspecified atom stereocenters. The summed E-state index contributed by atoms with van der Waals surface area (Å²) in [6.07, 6.45) is 0.254. The molecular formula is C27H31NO7. The van der Waals surface area contributed by atoms with Crippen LogP contribution in [0.2, 0.25) is 0 Å². The van der Waals surface area contributed by atoms with Gasteiger partial charge in [0.2, 0.25) is 5.79 Å². The number of hydrogen-bond donors (Lipinski definition) is 1. The number of benzene rings is 2. The normalized spacial score (nSPS) is 37.0. The summed E-state index contributed by atoms with van der Waals surface area (Å²) in [4.78, 5) is 15.5. The summed E-state index contributed by atoms with van der Waals surface area (Å²) >= 11 is 0. The SMILES string of the molecule is COc1ccc2c(c1O)[C@@]13CCN(C)[C@@]14C[C@@H]2O[C@@]4(OC)[C@@H](OC)[C@@H](OC(=O)c1ccccc1)C3. The van der Waals surface area contributed by atoms with E-state index in [1.54, 1.807) is 51.7 Å². The van der Waals surface area contributed by atoms with Gasteiger partial charge in [0.05, 0.1) is 24.3 Å². The van der Waals surface area contributed by atoms with Gasteiger partial charge in [-0.2, -0.15) is 0 Å². The average Bonchev–Trinajstić information content (AvgIpc) is 3.38. The summed E-state index contributed by atoms with van der Waals surface area (Å²) in [5, 5.41) is 11.5. The largest absolute Gasteiger partial charge is 0.504 e. The monoisotopic (exact) mass is 481 g/mol. The van der Waals surface area contributed by atoms with Crippen molar-refractivity contribution in [3.63, 3.8) is 0 Å². The molecular weight excluding hydrogens is 450 g/mol. The molecule has 2 aromatic carbocycles. The zero-order chi connectivity index (χ0) is 24.6. The Morgan fingerprint density at radius 2 is 1.89 bits per heavy atom. The number of hydrogen-bond acceptors (Lipinski definition) is 8. The lowest BCUT2D eigenvalue weighted by molar-refractivity contribution is -0.338. The topological polar surface area (TPSA) is 86.7 Å². The van der Waals surface area contributed by atoms with Crippen molar-refractivity contribution in [2.24, 2.45) is 0 Å². The van der Waals surface area contributed by atoms with E-state index in [-0.39, 0.29) is 11.9 Å². The Hall–Kier alpha value is -2.65. The molecule has 8 nitrogen and oxygen atoms in total. The third kappa shape index (κ3) is 2.58. The van der Waals surface area contributed by atoms with Crippen LogP contribution in [0.4, 0.5) is 0 Å². The molecule has 2 aliphatic carbocycles. The van der Waals surface area contributed by atoms with E-state index in [4.69, 9.17) is 23.7 Å². The van der Waals surface area contributed by atoms with Crippen LogP contribution >= 0.6 is 0 Å². The number of ether oxygens (including phenoxy) is 5. The quantitative estimate of drug-likeness (QED) is 0.652. The Morgan fingerprint density at radius 1 is 1.11 bits per heavy atom. The summed E-state index contributed by atoms with van der Waals surface area (Å²) in [6, 6.07) is 12.7. The smallest absolute Gasteiger partial charge is 0.338 e. The fraction of sp³-hybridized carbons (Fsp3) is 0.519. The van der Waals surface area contributed by atoms with E-state index < -0.39 is 34.9 Å². The van der Waals surface area contributed by atoms with Crippen LogP contribution in [0.1, 0.15) is 46.9 Å². The van der Waals surface area contributed by atoms with Gasteiger partial charge in [0.25, 0.3) is 0 Å². The molecule has 2 saturated heterocycles. The van der Waals surface area contributed by atoms with Crippen LogP contribution in [0.3, 0.4) is 0 Å². The Morgan fingerprint density at radius 3 is 2.57 bits per heavy atom. The average molecular weight is 482 g/mol. The van der Waals surface area contributed by atoms with Crippen molar-refractivity contribution in [3.05, 3.63) is 59.2 Å². The zero-order valence-corrected chi connectivity index (χ0v) is 20.4. The first kappa shape index (κ1) is 22.8. The van der Waals surface area contributed by atoms with Crippen molar-refractivity contribution in [2.75, 3.05) is 34.9 Å². The first-order valence-corrected chi connectivity index (χ1v) is 12.0. The van der Waals surface area contributed by atoms with E-state index in [2.05, 4.69) is 11.9 Å². The Balaban J connectivity index is 1.56. The standard InChI is InChI=1S/C27H31NO7/c1-28-13-12-25-14-20(34-24(30)16-8-6-5-7-9-16)23(32-3)27(33-4)26(25,28)15-19(35-27)17-10-11-18(31-2)22(29)21(17)25/h5-11,19-20,23,29H,12-15H2,1-4H3/t19-,20-,23-,25-,26-,27-/m0/s1. The minimum absolute atomic E-state index is 0.119. The van der Waals surface area contributed by atoms with Crippen molar-refractivity contribution in [1.82, 2.24) is 4.90 Å². The molecule has 2 bridgehead atoms. The van der Waals surface area contributed by atoms with Gasteiger partial charge in [-0.15, -0.1) is 0 Å². The number of nitrogens with zero attached hydrogens (tertiary/aromatic N) is 1. The van der Waals surface area contributed by atoms with Gasteiger partial charge in [0, 0.05) is 31.6 Å². The molecule has 2 aliphatic heterocycles. The van der Waals surface area contributed by atoms with Crippen LogP contribution < -0.4 is 4.74 Å². The van der Waals surface area contributed by atoms with E-state index >= 15 is 0 Å². The molecule has 1 spiro atoms. The molecule has 0 amide bonds. The molecule has 0 radical (unpaired) electrons. The molecule has 6 atom stereocenters. The molecule has 8 heteroatoms. The number of likely N-dealkylation sites (N-methyl/N-ethyl adjacent to an activating group) is 1. The minimum Gasteiger partial charge on any atom is -0.504 e. The molecule has 4 aliphatic rings. The molecule has 6 rings (SSSR count). The maximum absolute atomic E-state index is 13.2. The number of likely N-dealkylation sites (tertiary alicyclic amines) is 1. The highest BCUT2D eigenvalue weighted by molar-refractivity contribution is 5.89. The molecule has 0 aromatic heterocycles. The summed E-state index contributed by atoms with van der Waals surface area (Å²) in [6.45, 7) is 0.771. The second-order valence-corrected chi connectivity index (χ2v) is 10.0. The highest BCUT2D eigenvalue weighted by Crippen LogP contribution is 2.73. The number of rotatable bonds is 5. The Labute approximate surface area is 204 Å². The van der Waals surface area contributed by atoms with E-state index in [0.717, 1.165) is 24.1 Å². The van der Waals surface area contributed by atoms with Crippen LogP contribution in [-0.4, -0.2) is 74.4 Å². The Kier molecular flexibility index (Phi) is 5.00. The van der Waals surface area contributed by atoms with Crippen LogP contribution in [0.5, 0.6) is 11.5 Å².